The van der Waals surface area contributed by atoms with E-state index in [1.807, 2.05) is 0 Å². The van der Waals surface area contributed by atoms with Crippen molar-refractivity contribution in [3.8, 4) is 0 Å². The third-order valence-corrected chi connectivity index (χ3v) is 3.12. The first-order valence-corrected chi connectivity index (χ1v) is 6.79. The largest absolute Gasteiger partial charge is 0.417 e. The van der Waals surface area contributed by atoms with Gasteiger partial charge in [-0.2, -0.15) is 13.2 Å². The molecule has 9 heteroatoms. The number of nitrogens with zero attached hydrogens (tertiary/aromatic N) is 2. The summed E-state index contributed by atoms with van der Waals surface area (Å²) in [6.07, 6.45) is -3.33. The van der Waals surface area contributed by atoms with E-state index in [0.717, 1.165) is 12.3 Å². The maximum absolute atomic E-state index is 12.6. The number of anilines is 1. The fourth-order valence-electron chi connectivity index (χ4n) is 1.59. The number of pyridine rings is 1. The van der Waals surface area contributed by atoms with Crippen LogP contribution in [0.2, 0.25) is 5.02 Å². The van der Waals surface area contributed by atoms with Crippen LogP contribution in [0.1, 0.15) is 12.0 Å². The zero-order valence-electron chi connectivity index (χ0n) is 11.3. The van der Waals surface area contributed by atoms with Crippen molar-refractivity contribution >= 4 is 34.6 Å². The molecule has 0 aliphatic heterocycles. The Morgan fingerprint density at radius 1 is 1.48 bits per heavy atom. The SMILES string of the molecule is COCCN(CCC(N)=S)c1ncc(C(F)(F)F)cc1Cl. The first kappa shape index (κ1) is 17.9. The Balaban J connectivity index is 2.98. The molecular formula is C12H15ClF3N3OS. The Morgan fingerprint density at radius 2 is 2.14 bits per heavy atom. The van der Waals surface area contributed by atoms with Crippen molar-refractivity contribution in [2.75, 3.05) is 31.7 Å². The molecule has 118 valence electrons. The summed E-state index contributed by atoms with van der Waals surface area (Å²) in [5.41, 5.74) is 4.55. The van der Waals surface area contributed by atoms with Crippen molar-refractivity contribution in [2.45, 2.75) is 12.6 Å². The van der Waals surface area contributed by atoms with Gasteiger partial charge in [-0.3, -0.25) is 0 Å². The van der Waals surface area contributed by atoms with Crippen LogP contribution in [-0.4, -0.2) is 36.8 Å². The molecule has 0 unspecified atom stereocenters. The van der Waals surface area contributed by atoms with Crippen molar-refractivity contribution in [1.29, 1.82) is 0 Å². The molecule has 1 aromatic rings. The van der Waals surface area contributed by atoms with Crippen molar-refractivity contribution in [1.82, 2.24) is 4.98 Å². The summed E-state index contributed by atoms with van der Waals surface area (Å²) in [6, 6.07) is 0.852. The fraction of sp³-hybridized carbons (Fsp3) is 0.500. The number of ether oxygens (including phenoxy) is 1. The first-order chi connectivity index (χ1) is 9.75. The molecule has 0 aliphatic rings. The minimum Gasteiger partial charge on any atom is -0.393 e. The average Bonchev–Trinajstić information content (AvgIpc) is 2.38. The minimum absolute atomic E-state index is 0.0798. The summed E-state index contributed by atoms with van der Waals surface area (Å²) < 4.78 is 42.7. The number of thiocarbonyl (C=S) groups is 1. The van der Waals surface area contributed by atoms with Crippen molar-refractivity contribution < 1.29 is 17.9 Å². The monoisotopic (exact) mass is 341 g/mol. The van der Waals surface area contributed by atoms with Gasteiger partial charge in [0.25, 0.3) is 0 Å². The predicted octanol–water partition coefficient (Wildman–Crippen LogP) is 2.88. The lowest BCUT2D eigenvalue weighted by molar-refractivity contribution is -0.137. The summed E-state index contributed by atoms with van der Waals surface area (Å²) in [5, 5.41) is -0.0798. The van der Waals surface area contributed by atoms with E-state index in [4.69, 9.17) is 34.3 Å². The van der Waals surface area contributed by atoms with E-state index in [0.29, 0.717) is 31.1 Å². The molecule has 0 aromatic carbocycles. The van der Waals surface area contributed by atoms with Crippen LogP contribution < -0.4 is 10.6 Å². The highest BCUT2D eigenvalue weighted by Crippen LogP contribution is 2.33. The van der Waals surface area contributed by atoms with Gasteiger partial charge >= 0.3 is 6.18 Å². The third-order valence-electron chi connectivity index (χ3n) is 2.64. The first-order valence-electron chi connectivity index (χ1n) is 6.00. The molecule has 0 saturated carbocycles. The smallest absolute Gasteiger partial charge is 0.393 e. The number of methoxy groups -OCH3 is 1. The van der Waals surface area contributed by atoms with Crippen LogP contribution in [0.5, 0.6) is 0 Å². The van der Waals surface area contributed by atoms with Gasteiger partial charge in [0.05, 0.1) is 22.2 Å². The van der Waals surface area contributed by atoms with Gasteiger partial charge in [0.1, 0.15) is 5.82 Å². The summed E-state index contributed by atoms with van der Waals surface area (Å²) >= 11 is 10.7. The lowest BCUT2D eigenvalue weighted by atomic mass is 10.2. The molecule has 1 heterocycles. The molecule has 0 radical (unpaired) electrons. The van der Waals surface area contributed by atoms with E-state index in [1.54, 1.807) is 4.90 Å². The van der Waals surface area contributed by atoms with E-state index >= 15 is 0 Å². The van der Waals surface area contributed by atoms with E-state index < -0.39 is 11.7 Å². The van der Waals surface area contributed by atoms with Crippen LogP contribution >= 0.6 is 23.8 Å². The highest BCUT2D eigenvalue weighted by atomic mass is 35.5. The topological polar surface area (TPSA) is 51.4 Å². The van der Waals surface area contributed by atoms with Crippen molar-refractivity contribution in [3.05, 3.63) is 22.8 Å². The zero-order valence-corrected chi connectivity index (χ0v) is 12.9. The second kappa shape index (κ2) is 7.77. The van der Waals surface area contributed by atoms with Gasteiger partial charge in [0, 0.05) is 32.8 Å². The van der Waals surface area contributed by atoms with Crippen LogP contribution in [-0.2, 0) is 10.9 Å². The van der Waals surface area contributed by atoms with Gasteiger partial charge in [-0.1, -0.05) is 23.8 Å². The summed E-state index contributed by atoms with van der Waals surface area (Å²) in [7, 11) is 1.52. The maximum Gasteiger partial charge on any atom is 0.417 e. The third kappa shape index (κ3) is 5.64. The minimum atomic E-state index is -4.48. The fourth-order valence-corrected chi connectivity index (χ4v) is 1.97. The lowest BCUT2D eigenvalue weighted by Crippen LogP contribution is -2.31. The summed E-state index contributed by atoms with van der Waals surface area (Å²) in [4.78, 5) is 5.80. The number of halogens is 4. The molecular weight excluding hydrogens is 327 g/mol. The average molecular weight is 342 g/mol. The molecule has 0 amide bonds. The standard InChI is InChI=1S/C12H15ClF3N3OS/c1-20-5-4-19(3-2-10(17)21)11-9(13)6-8(7-18-11)12(14,15)16/h6-7H,2-5H2,1H3,(H2,17,21). The van der Waals surface area contributed by atoms with Gasteiger partial charge in [0.15, 0.2) is 0 Å². The molecule has 0 spiro atoms. The Bertz CT molecular complexity index is 499. The molecule has 0 fully saturated rings. The van der Waals surface area contributed by atoms with Crippen LogP contribution in [0.4, 0.5) is 19.0 Å². The van der Waals surface area contributed by atoms with Crippen molar-refractivity contribution in [3.63, 3.8) is 0 Å². The maximum atomic E-state index is 12.6. The molecule has 0 bridgehead atoms. The van der Waals surface area contributed by atoms with Crippen LogP contribution in [0.25, 0.3) is 0 Å². The zero-order chi connectivity index (χ0) is 16.0. The van der Waals surface area contributed by atoms with Gasteiger partial charge < -0.3 is 15.4 Å². The van der Waals surface area contributed by atoms with Gasteiger partial charge in [-0.25, -0.2) is 4.98 Å². The number of alkyl halides is 3. The number of hydrogen-bond donors (Lipinski definition) is 1. The Hall–Kier alpha value is -1.12. The number of nitrogens with two attached hydrogens (primary N) is 1. The Morgan fingerprint density at radius 3 is 2.62 bits per heavy atom. The molecule has 1 rings (SSSR count). The van der Waals surface area contributed by atoms with Crippen molar-refractivity contribution in [2.24, 2.45) is 5.73 Å². The quantitative estimate of drug-likeness (QED) is 0.773. The number of rotatable bonds is 7. The van der Waals surface area contributed by atoms with Crippen LogP contribution in [0.15, 0.2) is 12.3 Å². The molecule has 4 nitrogen and oxygen atoms in total. The Kier molecular flexibility index (Phi) is 6.63. The highest BCUT2D eigenvalue weighted by molar-refractivity contribution is 7.80. The van der Waals surface area contributed by atoms with Crippen LogP contribution in [0, 0.1) is 0 Å². The number of aromatic nitrogens is 1. The predicted molar refractivity (Wildman–Crippen MR) is 79.7 cm³/mol. The molecule has 0 atom stereocenters. The molecule has 0 aliphatic carbocycles. The lowest BCUT2D eigenvalue weighted by Gasteiger charge is -2.24. The highest BCUT2D eigenvalue weighted by Gasteiger charge is 2.32. The Labute approximate surface area is 131 Å². The molecule has 2 N–H and O–H groups in total. The summed E-state index contributed by atoms with van der Waals surface area (Å²) in [5.74, 6) is 0.248. The van der Waals surface area contributed by atoms with E-state index in [2.05, 4.69) is 4.98 Å². The second-order valence-electron chi connectivity index (χ2n) is 4.22. The van der Waals surface area contributed by atoms with Crippen LogP contribution in [0.3, 0.4) is 0 Å². The molecule has 21 heavy (non-hydrogen) atoms. The van der Waals surface area contributed by atoms with E-state index in [-0.39, 0.29) is 10.8 Å². The normalized spacial score (nSPS) is 11.5. The van der Waals surface area contributed by atoms with Gasteiger partial charge in [-0.15, -0.1) is 0 Å². The number of hydrogen-bond acceptors (Lipinski definition) is 4. The van der Waals surface area contributed by atoms with Gasteiger partial charge in [-0.05, 0) is 6.07 Å². The molecule has 1 aromatic heterocycles. The summed E-state index contributed by atoms with van der Waals surface area (Å²) in [6.45, 7) is 1.18. The molecule has 0 saturated heterocycles. The van der Waals surface area contributed by atoms with E-state index in [9.17, 15) is 13.2 Å². The van der Waals surface area contributed by atoms with Gasteiger partial charge in [0.2, 0.25) is 0 Å². The van der Waals surface area contributed by atoms with E-state index in [1.165, 1.54) is 7.11 Å². The second-order valence-corrected chi connectivity index (χ2v) is 5.15.